The van der Waals surface area contributed by atoms with E-state index in [4.69, 9.17) is 5.73 Å². The number of anilines is 1. The Morgan fingerprint density at radius 3 is 2.80 bits per heavy atom. The van der Waals surface area contributed by atoms with E-state index < -0.39 is 0 Å². The maximum absolute atomic E-state index is 12.1. The maximum atomic E-state index is 12.1. The average molecular weight is 279 g/mol. The summed E-state index contributed by atoms with van der Waals surface area (Å²) in [6, 6.07) is 0. The topological polar surface area (TPSA) is 76.2 Å². The molecule has 1 aliphatic rings. The van der Waals surface area contributed by atoms with Crippen LogP contribution in [0.15, 0.2) is 6.20 Å². The Morgan fingerprint density at radius 1 is 1.50 bits per heavy atom. The highest BCUT2D eigenvalue weighted by atomic mass is 16.2. The minimum atomic E-state index is -0.178. The highest BCUT2D eigenvalue weighted by molar-refractivity contribution is 5.96. The lowest BCUT2D eigenvalue weighted by molar-refractivity contribution is 0.0940. The number of carbonyl (C=O) groups is 1. The van der Waals surface area contributed by atoms with E-state index in [0.717, 1.165) is 6.54 Å². The van der Waals surface area contributed by atoms with Gasteiger partial charge in [0.2, 0.25) is 0 Å². The van der Waals surface area contributed by atoms with Crippen LogP contribution in [0, 0.1) is 5.92 Å². The first-order chi connectivity index (χ1) is 9.60. The summed E-state index contributed by atoms with van der Waals surface area (Å²) >= 11 is 0. The predicted molar refractivity (Wildman–Crippen MR) is 79.5 cm³/mol. The first-order valence-corrected chi connectivity index (χ1v) is 7.43. The summed E-state index contributed by atoms with van der Waals surface area (Å²) in [5, 5.41) is 7.11. The SMILES string of the molecule is CCn1cc(N)c(C(=O)NCC(C)CN2CCCC2)n1. The quantitative estimate of drug-likeness (QED) is 0.813. The largest absolute Gasteiger partial charge is 0.396 e. The number of hydrogen-bond donors (Lipinski definition) is 2. The smallest absolute Gasteiger partial charge is 0.273 e. The van der Waals surface area contributed by atoms with Crippen LogP contribution in [0.2, 0.25) is 0 Å². The van der Waals surface area contributed by atoms with Gasteiger partial charge in [-0.1, -0.05) is 6.92 Å². The number of carbonyl (C=O) groups excluding carboxylic acids is 1. The molecule has 1 amide bonds. The summed E-state index contributed by atoms with van der Waals surface area (Å²) < 4.78 is 1.68. The van der Waals surface area contributed by atoms with Crippen molar-refractivity contribution in [2.75, 3.05) is 31.9 Å². The van der Waals surface area contributed by atoms with E-state index in [-0.39, 0.29) is 5.91 Å². The van der Waals surface area contributed by atoms with Crippen LogP contribution in [0.5, 0.6) is 0 Å². The zero-order chi connectivity index (χ0) is 14.5. The third kappa shape index (κ3) is 3.72. The number of nitrogens with two attached hydrogens (primary N) is 1. The van der Waals surface area contributed by atoms with E-state index in [9.17, 15) is 4.79 Å². The molecule has 112 valence electrons. The fourth-order valence-corrected chi connectivity index (χ4v) is 2.60. The van der Waals surface area contributed by atoms with Crippen LogP contribution >= 0.6 is 0 Å². The molecule has 1 aromatic rings. The molecule has 0 bridgehead atoms. The molecular weight excluding hydrogens is 254 g/mol. The molecule has 0 saturated carbocycles. The van der Waals surface area contributed by atoms with Gasteiger partial charge in [-0.05, 0) is 38.8 Å². The van der Waals surface area contributed by atoms with Crippen LogP contribution < -0.4 is 11.1 Å². The molecule has 0 aromatic carbocycles. The molecule has 1 aromatic heterocycles. The lowest BCUT2D eigenvalue weighted by Gasteiger charge is -2.20. The van der Waals surface area contributed by atoms with Crippen molar-refractivity contribution in [3.63, 3.8) is 0 Å². The summed E-state index contributed by atoms with van der Waals surface area (Å²) in [5.74, 6) is 0.259. The number of nitrogens with one attached hydrogen (secondary N) is 1. The standard InChI is InChI=1S/C14H25N5O/c1-3-19-10-12(15)13(17-19)14(20)16-8-11(2)9-18-6-4-5-7-18/h10-11H,3-9,15H2,1-2H3,(H,16,20). The molecule has 1 atom stereocenters. The molecule has 0 spiro atoms. The molecule has 0 aliphatic carbocycles. The van der Waals surface area contributed by atoms with Crippen molar-refractivity contribution >= 4 is 11.6 Å². The second kappa shape index (κ2) is 6.74. The van der Waals surface area contributed by atoms with Crippen molar-refractivity contribution in [2.24, 2.45) is 5.92 Å². The van der Waals surface area contributed by atoms with Crippen LogP contribution in [-0.2, 0) is 6.54 Å². The Morgan fingerprint density at radius 2 is 2.20 bits per heavy atom. The average Bonchev–Trinajstić information content (AvgIpc) is 3.05. The summed E-state index contributed by atoms with van der Waals surface area (Å²) in [6.07, 6.45) is 4.29. The Kier molecular flexibility index (Phi) is 5.00. The van der Waals surface area contributed by atoms with Gasteiger partial charge in [0, 0.05) is 25.8 Å². The van der Waals surface area contributed by atoms with Crippen molar-refractivity contribution in [2.45, 2.75) is 33.2 Å². The minimum Gasteiger partial charge on any atom is -0.396 e. The second-order valence-corrected chi connectivity index (χ2v) is 5.61. The fraction of sp³-hybridized carbons (Fsp3) is 0.714. The lowest BCUT2D eigenvalue weighted by Crippen LogP contribution is -2.34. The zero-order valence-corrected chi connectivity index (χ0v) is 12.4. The molecular formula is C14H25N5O. The highest BCUT2D eigenvalue weighted by Crippen LogP contribution is 2.11. The van der Waals surface area contributed by atoms with Gasteiger partial charge in [0.25, 0.3) is 5.91 Å². The van der Waals surface area contributed by atoms with E-state index in [1.165, 1.54) is 25.9 Å². The number of nitrogens with zero attached hydrogens (tertiary/aromatic N) is 3. The van der Waals surface area contributed by atoms with Gasteiger partial charge in [-0.3, -0.25) is 9.48 Å². The maximum Gasteiger partial charge on any atom is 0.273 e. The van der Waals surface area contributed by atoms with Crippen LogP contribution in [0.4, 0.5) is 5.69 Å². The van der Waals surface area contributed by atoms with E-state index in [1.807, 2.05) is 6.92 Å². The number of likely N-dealkylation sites (tertiary alicyclic amines) is 1. The van der Waals surface area contributed by atoms with Crippen molar-refractivity contribution in [1.29, 1.82) is 0 Å². The van der Waals surface area contributed by atoms with E-state index in [1.54, 1.807) is 10.9 Å². The fourth-order valence-electron chi connectivity index (χ4n) is 2.60. The molecule has 2 heterocycles. The third-order valence-electron chi connectivity index (χ3n) is 3.71. The lowest BCUT2D eigenvalue weighted by atomic mass is 10.1. The van der Waals surface area contributed by atoms with Crippen molar-refractivity contribution in [3.05, 3.63) is 11.9 Å². The van der Waals surface area contributed by atoms with Gasteiger partial charge >= 0.3 is 0 Å². The number of nitrogen functional groups attached to an aromatic ring is 1. The Bertz CT molecular complexity index is 450. The molecule has 6 heteroatoms. The Balaban J connectivity index is 1.80. The highest BCUT2D eigenvalue weighted by Gasteiger charge is 2.17. The summed E-state index contributed by atoms with van der Waals surface area (Å²) in [5.41, 5.74) is 6.58. The Labute approximate surface area is 120 Å². The molecule has 20 heavy (non-hydrogen) atoms. The van der Waals surface area contributed by atoms with Gasteiger partial charge in [-0.2, -0.15) is 5.10 Å². The number of aromatic nitrogens is 2. The Hall–Kier alpha value is -1.56. The van der Waals surface area contributed by atoms with Crippen molar-refractivity contribution < 1.29 is 4.79 Å². The van der Waals surface area contributed by atoms with Gasteiger partial charge in [0.15, 0.2) is 5.69 Å². The monoisotopic (exact) mass is 279 g/mol. The van der Waals surface area contributed by atoms with Crippen LogP contribution in [0.25, 0.3) is 0 Å². The molecule has 1 fully saturated rings. The predicted octanol–water partition coefficient (Wildman–Crippen LogP) is 0.947. The van der Waals surface area contributed by atoms with Crippen molar-refractivity contribution in [1.82, 2.24) is 20.0 Å². The zero-order valence-electron chi connectivity index (χ0n) is 12.4. The summed E-state index contributed by atoms with van der Waals surface area (Å²) in [6.45, 7) is 8.91. The number of hydrogen-bond acceptors (Lipinski definition) is 4. The van der Waals surface area contributed by atoms with E-state index in [2.05, 4.69) is 22.2 Å². The van der Waals surface area contributed by atoms with Gasteiger partial charge in [0.05, 0.1) is 5.69 Å². The molecule has 0 radical (unpaired) electrons. The van der Waals surface area contributed by atoms with Crippen LogP contribution in [0.1, 0.15) is 37.2 Å². The number of rotatable bonds is 6. The molecule has 3 N–H and O–H groups in total. The normalized spacial score (nSPS) is 17.3. The van der Waals surface area contributed by atoms with Crippen LogP contribution in [-0.4, -0.2) is 46.8 Å². The van der Waals surface area contributed by atoms with Crippen LogP contribution in [0.3, 0.4) is 0 Å². The van der Waals surface area contributed by atoms with Crippen molar-refractivity contribution in [3.8, 4) is 0 Å². The van der Waals surface area contributed by atoms with E-state index in [0.29, 0.717) is 30.4 Å². The molecule has 1 aliphatic heterocycles. The van der Waals surface area contributed by atoms with E-state index >= 15 is 0 Å². The second-order valence-electron chi connectivity index (χ2n) is 5.61. The van der Waals surface area contributed by atoms with Gasteiger partial charge < -0.3 is 16.0 Å². The molecule has 6 nitrogen and oxygen atoms in total. The summed E-state index contributed by atoms with van der Waals surface area (Å²) in [7, 11) is 0. The number of amides is 1. The molecule has 1 unspecified atom stereocenters. The van der Waals surface area contributed by atoms with Gasteiger partial charge in [-0.25, -0.2) is 0 Å². The van der Waals surface area contributed by atoms with Gasteiger partial charge in [-0.15, -0.1) is 0 Å². The minimum absolute atomic E-state index is 0.178. The first kappa shape index (κ1) is 14.8. The third-order valence-corrected chi connectivity index (χ3v) is 3.71. The van der Waals surface area contributed by atoms with Gasteiger partial charge in [0.1, 0.15) is 0 Å². The first-order valence-electron chi connectivity index (χ1n) is 7.43. The number of aryl methyl sites for hydroxylation is 1. The molecule has 2 rings (SSSR count). The molecule has 1 saturated heterocycles. The summed E-state index contributed by atoms with van der Waals surface area (Å²) in [4.78, 5) is 14.5.